The number of nitrogens with one attached hydrogen (secondary N) is 1. The summed E-state index contributed by atoms with van der Waals surface area (Å²) in [4.78, 5) is 0. The molecule has 0 aliphatic carbocycles. The predicted molar refractivity (Wildman–Crippen MR) is 86.9 cm³/mol. The Morgan fingerprint density at radius 2 is 2.10 bits per heavy atom. The van der Waals surface area contributed by atoms with Crippen LogP contribution in [-0.4, -0.2) is 9.78 Å². The summed E-state index contributed by atoms with van der Waals surface area (Å²) in [5.74, 6) is -0.213. The zero-order chi connectivity index (χ0) is 15.4. The fourth-order valence-electron chi connectivity index (χ4n) is 2.18. The van der Waals surface area contributed by atoms with Gasteiger partial charge in [-0.1, -0.05) is 34.5 Å². The molecule has 1 aromatic carbocycles. The van der Waals surface area contributed by atoms with Crippen LogP contribution >= 0.6 is 27.5 Å². The number of aromatic nitrogens is 2. The number of halogens is 3. The molecule has 0 bridgehead atoms. The molecule has 1 aromatic heterocycles. The van der Waals surface area contributed by atoms with Crippen LogP contribution in [0.1, 0.15) is 30.8 Å². The van der Waals surface area contributed by atoms with Gasteiger partial charge in [-0.2, -0.15) is 5.10 Å². The minimum atomic E-state index is -0.213. The fourth-order valence-corrected chi connectivity index (χ4v) is 2.92. The van der Waals surface area contributed by atoms with Crippen molar-refractivity contribution in [3.8, 4) is 0 Å². The van der Waals surface area contributed by atoms with Gasteiger partial charge >= 0.3 is 0 Å². The quantitative estimate of drug-likeness (QED) is 0.816. The van der Waals surface area contributed by atoms with Crippen LogP contribution < -0.4 is 5.32 Å². The number of rotatable bonds is 6. The monoisotopic (exact) mass is 373 g/mol. The maximum absolute atomic E-state index is 13.7. The molecule has 1 heterocycles. The van der Waals surface area contributed by atoms with Gasteiger partial charge < -0.3 is 5.32 Å². The van der Waals surface area contributed by atoms with E-state index in [1.165, 1.54) is 6.07 Å². The Bertz CT molecular complexity index is 628. The second kappa shape index (κ2) is 7.38. The zero-order valence-corrected chi connectivity index (χ0v) is 14.4. The topological polar surface area (TPSA) is 29.9 Å². The molecule has 0 amide bonds. The van der Waals surface area contributed by atoms with Gasteiger partial charge in [-0.3, -0.25) is 4.68 Å². The Balaban J connectivity index is 2.06. The van der Waals surface area contributed by atoms with Crippen LogP contribution in [0.5, 0.6) is 0 Å². The fraction of sp³-hybridized carbons (Fsp3) is 0.400. The van der Waals surface area contributed by atoms with Crippen molar-refractivity contribution < 1.29 is 4.39 Å². The van der Waals surface area contributed by atoms with Gasteiger partial charge in [-0.05, 0) is 31.5 Å². The second-order valence-corrected chi connectivity index (χ2v) is 6.01. The molecule has 0 aliphatic heterocycles. The van der Waals surface area contributed by atoms with Crippen molar-refractivity contribution in [2.45, 2.75) is 39.9 Å². The van der Waals surface area contributed by atoms with Gasteiger partial charge in [-0.15, -0.1) is 0 Å². The molecule has 114 valence electrons. The Morgan fingerprint density at radius 1 is 1.33 bits per heavy atom. The third kappa shape index (κ3) is 3.84. The van der Waals surface area contributed by atoms with E-state index in [0.717, 1.165) is 28.8 Å². The van der Waals surface area contributed by atoms with Crippen LogP contribution in [0.25, 0.3) is 0 Å². The number of hydrogen-bond acceptors (Lipinski definition) is 2. The molecule has 3 nitrogen and oxygen atoms in total. The molecule has 0 spiro atoms. The highest BCUT2D eigenvalue weighted by atomic mass is 79.9. The van der Waals surface area contributed by atoms with E-state index >= 15 is 0 Å². The van der Waals surface area contributed by atoms with E-state index in [-0.39, 0.29) is 5.82 Å². The third-order valence-corrected chi connectivity index (χ3v) is 4.24. The molecular formula is C15H18BrClFN3. The van der Waals surface area contributed by atoms with Crippen molar-refractivity contribution in [1.29, 1.82) is 0 Å². The van der Waals surface area contributed by atoms with E-state index in [1.54, 1.807) is 12.1 Å². The first-order valence-electron chi connectivity index (χ1n) is 6.95. The zero-order valence-electron chi connectivity index (χ0n) is 12.1. The minimum absolute atomic E-state index is 0.213. The van der Waals surface area contributed by atoms with Crippen molar-refractivity contribution in [3.05, 3.63) is 50.5 Å². The molecule has 0 saturated carbocycles. The summed E-state index contributed by atoms with van der Waals surface area (Å²) in [5, 5.41) is 8.41. The highest BCUT2D eigenvalue weighted by Crippen LogP contribution is 2.22. The lowest BCUT2D eigenvalue weighted by molar-refractivity contribution is 0.559. The van der Waals surface area contributed by atoms with E-state index in [1.807, 2.05) is 18.5 Å². The number of benzene rings is 1. The molecule has 0 unspecified atom stereocenters. The highest BCUT2D eigenvalue weighted by Gasteiger charge is 2.14. The van der Waals surface area contributed by atoms with Crippen LogP contribution in [0, 0.1) is 5.82 Å². The predicted octanol–water partition coefficient (Wildman–Crippen LogP) is 4.31. The van der Waals surface area contributed by atoms with Gasteiger partial charge in [0.1, 0.15) is 5.82 Å². The third-order valence-electron chi connectivity index (χ3n) is 3.31. The molecule has 0 saturated heterocycles. The Labute approximate surface area is 137 Å². The first-order valence-corrected chi connectivity index (χ1v) is 8.12. The smallest absolute Gasteiger partial charge is 0.127 e. The summed E-state index contributed by atoms with van der Waals surface area (Å²) < 4.78 is 16.4. The van der Waals surface area contributed by atoms with Gasteiger partial charge in [-0.25, -0.2) is 4.39 Å². The molecule has 2 aromatic rings. The molecular weight excluding hydrogens is 357 g/mol. The number of hydrogen-bond donors (Lipinski definition) is 1. The first-order chi connectivity index (χ1) is 10.1. The Hall–Kier alpha value is -0.910. The van der Waals surface area contributed by atoms with Crippen molar-refractivity contribution in [2.75, 3.05) is 0 Å². The average molecular weight is 375 g/mol. The molecule has 0 fully saturated rings. The summed E-state index contributed by atoms with van der Waals surface area (Å²) in [5.41, 5.74) is 2.48. The van der Waals surface area contributed by atoms with Gasteiger partial charge in [0, 0.05) is 29.7 Å². The van der Waals surface area contributed by atoms with Gasteiger partial charge in [0.15, 0.2) is 0 Å². The molecule has 0 radical (unpaired) electrons. The average Bonchev–Trinajstić information content (AvgIpc) is 2.79. The first kappa shape index (κ1) is 16.5. The number of aryl methyl sites for hydroxylation is 2. The summed E-state index contributed by atoms with van der Waals surface area (Å²) in [6.45, 7) is 5.83. The van der Waals surface area contributed by atoms with Crippen molar-refractivity contribution in [1.82, 2.24) is 15.1 Å². The summed E-state index contributed by atoms with van der Waals surface area (Å²) >= 11 is 9.69. The lowest BCUT2D eigenvalue weighted by Gasteiger charge is -2.08. The summed E-state index contributed by atoms with van der Waals surface area (Å²) in [6.07, 6.45) is 0.805. The summed E-state index contributed by atoms with van der Waals surface area (Å²) in [7, 11) is 0. The van der Waals surface area contributed by atoms with Crippen molar-refractivity contribution in [2.24, 2.45) is 0 Å². The van der Waals surface area contributed by atoms with E-state index < -0.39 is 0 Å². The van der Waals surface area contributed by atoms with Crippen molar-refractivity contribution in [3.63, 3.8) is 0 Å². The van der Waals surface area contributed by atoms with E-state index in [2.05, 4.69) is 26.3 Å². The Kier molecular flexibility index (Phi) is 5.79. The van der Waals surface area contributed by atoms with Crippen LogP contribution in [0.4, 0.5) is 4.39 Å². The van der Waals surface area contributed by atoms with Crippen LogP contribution in [0.15, 0.2) is 22.7 Å². The lowest BCUT2D eigenvalue weighted by atomic mass is 10.2. The SMILES string of the molecule is CCc1nn(CC)c(CNCc2cc(Br)ccc2F)c1Cl. The van der Waals surface area contributed by atoms with E-state index in [9.17, 15) is 4.39 Å². The standard InChI is InChI=1S/C15H18BrClFN3/c1-3-13-15(17)14(21(4-2)20-13)9-19-8-10-7-11(16)5-6-12(10)18/h5-7,19H,3-4,8-9H2,1-2H3. The van der Waals surface area contributed by atoms with Crippen LogP contribution in [-0.2, 0) is 26.1 Å². The van der Waals surface area contributed by atoms with Gasteiger partial charge in [0.2, 0.25) is 0 Å². The van der Waals surface area contributed by atoms with E-state index in [4.69, 9.17) is 11.6 Å². The molecule has 2 rings (SSSR count). The summed E-state index contributed by atoms with van der Waals surface area (Å²) in [6, 6.07) is 4.92. The molecule has 0 aliphatic rings. The molecule has 0 atom stereocenters. The largest absolute Gasteiger partial charge is 0.307 e. The minimum Gasteiger partial charge on any atom is -0.307 e. The second-order valence-electron chi connectivity index (χ2n) is 4.72. The lowest BCUT2D eigenvalue weighted by Crippen LogP contribution is -2.17. The molecule has 1 N–H and O–H groups in total. The molecule has 6 heteroatoms. The maximum atomic E-state index is 13.7. The van der Waals surface area contributed by atoms with Crippen LogP contribution in [0.2, 0.25) is 5.02 Å². The Morgan fingerprint density at radius 3 is 2.76 bits per heavy atom. The number of nitrogens with zero attached hydrogens (tertiary/aromatic N) is 2. The van der Waals surface area contributed by atoms with Crippen LogP contribution in [0.3, 0.4) is 0 Å². The molecule has 21 heavy (non-hydrogen) atoms. The van der Waals surface area contributed by atoms with Crippen molar-refractivity contribution >= 4 is 27.5 Å². The maximum Gasteiger partial charge on any atom is 0.127 e. The normalized spacial score (nSPS) is 11.1. The highest BCUT2D eigenvalue weighted by molar-refractivity contribution is 9.10. The van der Waals surface area contributed by atoms with E-state index in [0.29, 0.717) is 23.7 Å². The van der Waals surface area contributed by atoms with Gasteiger partial charge in [0.05, 0.1) is 16.4 Å². The van der Waals surface area contributed by atoms with Gasteiger partial charge in [0.25, 0.3) is 0 Å².